The average Bonchev–Trinajstić information content (AvgIpc) is 3.41. The Bertz CT molecular complexity index is 960. The van der Waals surface area contributed by atoms with E-state index in [9.17, 15) is 4.79 Å². The number of benzene rings is 1. The Morgan fingerprint density at radius 1 is 1.26 bits per heavy atom. The van der Waals surface area contributed by atoms with Gasteiger partial charge in [0.1, 0.15) is 11.6 Å². The van der Waals surface area contributed by atoms with Gasteiger partial charge in [-0.05, 0) is 36.2 Å². The molecular formula is C20H21N3O4. The number of furan rings is 1. The highest BCUT2D eigenvalue weighted by atomic mass is 16.7. The van der Waals surface area contributed by atoms with E-state index in [1.54, 1.807) is 19.3 Å². The van der Waals surface area contributed by atoms with Crippen LogP contribution in [-0.2, 0) is 13.0 Å². The first-order chi connectivity index (χ1) is 13.1. The molecule has 140 valence electrons. The second-order valence-electron chi connectivity index (χ2n) is 6.55. The van der Waals surface area contributed by atoms with Crippen molar-refractivity contribution in [2.24, 2.45) is 0 Å². The average molecular weight is 367 g/mol. The largest absolute Gasteiger partial charge is 0.454 e. The predicted octanol–water partition coefficient (Wildman–Crippen LogP) is 2.96. The first-order valence-electron chi connectivity index (χ1n) is 8.84. The SMILES string of the molecule is CNC(=O)c1ccc(Cn2ccnc2[C@H](C)Cc2ccc3c(c2)OCO3)o1. The van der Waals surface area contributed by atoms with Crippen LogP contribution in [0.5, 0.6) is 11.5 Å². The maximum absolute atomic E-state index is 11.6. The van der Waals surface area contributed by atoms with Crippen LogP contribution < -0.4 is 14.8 Å². The van der Waals surface area contributed by atoms with E-state index in [4.69, 9.17) is 13.9 Å². The molecule has 7 heteroatoms. The van der Waals surface area contributed by atoms with Crippen molar-refractivity contribution in [3.63, 3.8) is 0 Å². The van der Waals surface area contributed by atoms with Crippen LogP contribution in [0.15, 0.2) is 47.1 Å². The Morgan fingerprint density at radius 3 is 2.96 bits per heavy atom. The summed E-state index contributed by atoms with van der Waals surface area (Å²) in [6.45, 7) is 2.94. The fourth-order valence-corrected chi connectivity index (χ4v) is 3.27. The van der Waals surface area contributed by atoms with Crippen molar-refractivity contribution in [2.75, 3.05) is 13.8 Å². The summed E-state index contributed by atoms with van der Waals surface area (Å²) in [4.78, 5) is 16.2. The number of aromatic nitrogens is 2. The van der Waals surface area contributed by atoms with Gasteiger partial charge in [0.2, 0.25) is 6.79 Å². The lowest BCUT2D eigenvalue weighted by atomic mass is 10.00. The third-order valence-corrected chi connectivity index (χ3v) is 4.61. The number of imidazole rings is 1. The minimum Gasteiger partial charge on any atom is -0.454 e. The fourth-order valence-electron chi connectivity index (χ4n) is 3.27. The minimum absolute atomic E-state index is 0.203. The quantitative estimate of drug-likeness (QED) is 0.725. The number of carbonyl (C=O) groups is 1. The van der Waals surface area contributed by atoms with Crippen LogP contribution in [0.2, 0.25) is 0 Å². The van der Waals surface area contributed by atoms with Crippen LogP contribution in [0, 0.1) is 0 Å². The summed E-state index contributed by atoms with van der Waals surface area (Å²) >= 11 is 0. The lowest BCUT2D eigenvalue weighted by Crippen LogP contribution is -2.16. The van der Waals surface area contributed by atoms with Gasteiger partial charge in [-0.15, -0.1) is 0 Å². The van der Waals surface area contributed by atoms with Crippen LogP contribution in [0.4, 0.5) is 0 Å². The molecule has 1 aliphatic heterocycles. The minimum atomic E-state index is -0.233. The zero-order valence-electron chi connectivity index (χ0n) is 15.3. The van der Waals surface area contributed by atoms with Crippen molar-refractivity contribution in [1.29, 1.82) is 0 Å². The number of carbonyl (C=O) groups excluding carboxylic acids is 1. The van der Waals surface area contributed by atoms with Crippen LogP contribution in [0.1, 0.15) is 40.5 Å². The number of hydrogen-bond donors (Lipinski definition) is 1. The number of rotatable bonds is 6. The fraction of sp³-hybridized carbons (Fsp3) is 0.300. The van der Waals surface area contributed by atoms with Crippen LogP contribution in [-0.4, -0.2) is 29.3 Å². The zero-order chi connectivity index (χ0) is 18.8. The van der Waals surface area contributed by atoms with E-state index in [0.29, 0.717) is 18.1 Å². The van der Waals surface area contributed by atoms with Gasteiger partial charge in [-0.1, -0.05) is 13.0 Å². The van der Waals surface area contributed by atoms with Crippen molar-refractivity contribution >= 4 is 5.91 Å². The van der Waals surface area contributed by atoms with Crippen molar-refractivity contribution in [3.05, 3.63) is 65.6 Å². The molecule has 0 radical (unpaired) electrons. The Hall–Kier alpha value is -3.22. The molecule has 1 aromatic carbocycles. The van der Waals surface area contributed by atoms with Gasteiger partial charge in [0.15, 0.2) is 17.3 Å². The number of nitrogens with zero attached hydrogens (tertiary/aromatic N) is 2. The molecule has 0 aliphatic carbocycles. The molecule has 0 spiro atoms. The van der Waals surface area contributed by atoms with Gasteiger partial charge >= 0.3 is 0 Å². The number of amides is 1. The molecule has 3 heterocycles. The standard InChI is InChI=1S/C20H21N3O4/c1-13(9-14-3-5-16-18(10-14)26-12-25-16)19-22-7-8-23(19)11-15-4-6-17(27-15)20(24)21-2/h3-8,10,13H,9,11-12H2,1-2H3,(H,21,24)/t13-/m1/s1. The molecule has 0 unspecified atom stereocenters. The van der Waals surface area contributed by atoms with Crippen molar-refractivity contribution in [1.82, 2.24) is 14.9 Å². The maximum atomic E-state index is 11.6. The van der Waals surface area contributed by atoms with Crippen molar-refractivity contribution in [3.8, 4) is 11.5 Å². The van der Waals surface area contributed by atoms with E-state index in [1.165, 1.54) is 5.56 Å². The van der Waals surface area contributed by atoms with E-state index in [1.807, 2.05) is 29.0 Å². The third-order valence-electron chi connectivity index (χ3n) is 4.61. The second kappa shape index (κ2) is 7.19. The summed E-state index contributed by atoms with van der Waals surface area (Å²) in [5.41, 5.74) is 1.17. The van der Waals surface area contributed by atoms with Gasteiger partial charge in [0, 0.05) is 25.4 Å². The van der Waals surface area contributed by atoms with Crippen LogP contribution in [0.3, 0.4) is 0 Å². The first-order valence-corrected chi connectivity index (χ1v) is 8.84. The summed E-state index contributed by atoms with van der Waals surface area (Å²) in [5, 5.41) is 2.56. The Kier molecular flexibility index (Phi) is 4.58. The lowest BCUT2D eigenvalue weighted by Gasteiger charge is -2.14. The Morgan fingerprint density at radius 2 is 2.11 bits per heavy atom. The molecule has 27 heavy (non-hydrogen) atoms. The summed E-state index contributed by atoms with van der Waals surface area (Å²) in [6, 6.07) is 9.52. The number of fused-ring (bicyclic) bond motifs is 1. The van der Waals surface area contributed by atoms with E-state index in [-0.39, 0.29) is 18.6 Å². The molecule has 0 saturated heterocycles. The summed E-state index contributed by atoms with van der Waals surface area (Å²) in [7, 11) is 1.58. The molecule has 1 N–H and O–H groups in total. The molecule has 0 fully saturated rings. The van der Waals surface area contributed by atoms with Gasteiger partial charge in [0.25, 0.3) is 5.91 Å². The van der Waals surface area contributed by atoms with Crippen molar-refractivity contribution < 1.29 is 18.7 Å². The van der Waals surface area contributed by atoms with E-state index in [0.717, 1.165) is 23.7 Å². The summed E-state index contributed by atoms with van der Waals surface area (Å²) in [5.74, 6) is 3.53. The molecule has 3 aromatic rings. The van der Waals surface area contributed by atoms with Gasteiger partial charge < -0.3 is 23.8 Å². The number of nitrogens with one attached hydrogen (secondary N) is 1. The van der Waals surface area contributed by atoms with Gasteiger partial charge in [0.05, 0.1) is 6.54 Å². The van der Waals surface area contributed by atoms with Gasteiger partial charge in [-0.25, -0.2) is 4.98 Å². The highest BCUT2D eigenvalue weighted by Gasteiger charge is 2.18. The van der Waals surface area contributed by atoms with Gasteiger partial charge in [-0.2, -0.15) is 0 Å². The Balaban J connectivity index is 1.48. The molecule has 0 bridgehead atoms. The van der Waals surface area contributed by atoms with Crippen molar-refractivity contribution in [2.45, 2.75) is 25.8 Å². The predicted molar refractivity (Wildman–Crippen MR) is 98.1 cm³/mol. The highest BCUT2D eigenvalue weighted by Crippen LogP contribution is 2.33. The van der Waals surface area contributed by atoms with Gasteiger partial charge in [-0.3, -0.25) is 4.79 Å². The van der Waals surface area contributed by atoms with E-state index < -0.39 is 0 Å². The maximum Gasteiger partial charge on any atom is 0.286 e. The summed E-state index contributed by atoms with van der Waals surface area (Å²) < 4.78 is 18.5. The molecule has 0 saturated carbocycles. The molecule has 2 aromatic heterocycles. The second-order valence-corrected chi connectivity index (χ2v) is 6.55. The highest BCUT2D eigenvalue weighted by molar-refractivity contribution is 5.91. The van der Waals surface area contributed by atoms with E-state index >= 15 is 0 Å². The summed E-state index contributed by atoms with van der Waals surface area (Å²) in [6.07, 6.45) is 4.54. The normalized spacial score (nSPS) is 13.6. The molecule has 1 amide bonds. The first kappa shape index (κ1) is 17.2. The van der Waals surface area contributed by atoms with E-state index in [2.05, 4.69) is 23.3 Å². The monoisotopic (exact) mass is 367 g/mol. The topological polar surface area (TPSA) is 78.5 Å². The lowest BCUT2D eigenvalue weighted by molar-refractivity contribution is 0.0933. The molecule has 7 nitrogen and oxygen atoms in total. The van der Waals surface area contributed by atoms with Crippen LogP contribution >= 0.6 is 0 Å². The zero-order valence-corrected chi connectivity index (χ0v) is 15.3. The molecular weight excluding hydrogens is 346 g/mol. The third kappa shape index (κ3) is 3.53. The number of ether oxygens (including phenoxy) is 2. The molecule has 1 atom stereocenters. The smallest absolute Gasteiger partial charge is 0.286 e. The van der Waals surface area contributed by atoms with Crippen LogP contribution in [0.25, 0.3) is 0 Å². The number of hydrogen-bond acceptors (Lipinski definition) is 5. The Labute approximate surface area is 156 Å². The molecule has 1 aliphatic rings. The molecule has 4 rings (SSSR count).